The lowest BCUT2D eigenvalue weighted by molar-refractivity contribution is -0.750. The number of nitrogens with two attached hydrogens (primary N) is 1. The number of quaternary nitrogens is 1. The normalized spacial score (nSPS) is 21.6. The molecule has 3 aromatic rings. The monoisotopic (exact) mass is 540 g/mol. The molecule has 2 aromatic heterocycles. The number of likely N-dealkylation sites (tertiary alicyclic amines) is 1. The van der Waals surface area contributed by atoms with Crippen molar-refractivity contribution < 1.29 is 14.2 Å². The molecule has 0 saturated carbocycles. The fourth-order valence-electron chi connectivity index (χ4n) is 4.94. The number of nitrogens with one attached hydrogen (secondary N) is 1. The van der Waals surface area contributed by atoms with Gasteiger partial charge in [0.25, 0.3) is 17.6 Å². The van der Waals surface area contributed by atoms with Crippen molar-refractivity contribution in [3.63, 3.8) is 0 Å². The van der Waals surface area contributed by atoms with Crippen LogP contribution in [-0.2, 0) is 0 Å². The molecule has 2 unspecified atom stereocenters. The minimum atomic E-state index is -0.318. The predicted octanol–water partition coefficient (Wildman–Crippen LogP) is 3.30. The smallest absolute Gasteiger partial charge is 0.273 e. The zero-order valence-electron chi connectivity index (χ0n) is 20.6. The van der Waals surface area contributed by atoms with Crippen LogP contribution in [0, 0.1) is 0 Å². The summed E-state index contributed by atoms with van der Waals surface area (Å²) in [6, 6.07) is 13.5. The van der Waals surface area contributed by atoms with E-state index in [-0.39, 0.29) is 33.3 Å². The van der Waals surface area contributed by atoms with Crippen molar-refractivity contribution in [3.05, 3.63) is 107 Å². The number of aliphatic imine (C=N–C) groups is 2. The van der Waals surface area contributed by atoms with Crippen LogP contribution in [0.15, 0.2) is 94.8 Å². The van der Waals surface area contributed by atoms with E-state index in [4.69, 9.17) is 22.4 Å². The van der Waals surface area contributed by atoms with E-state index in [0.29, 0.717) is 41.6 Å². The summed E-state index contributed by atoms with van der Waals surface area (Å²) in [7, 11) is 0. The number of benzene rings is 1. The van der Waals surface area contributed by atoms with Gasteiger partial charge in [-0.1, -0.05) is 17.7 Å². The maximum Gasteiger partial charge on any atom is 0.273 e. The van der Waals surface area contributed by atoms with Crippen molar-refractivity contribution in [2.75, 3.05) is 11.9 Å². The largest absolute Gasteiger partial charge is 0.328 e. The number of anilines is 1. The molecule has 5 heterocycles. The second kappa shape index (κ2) is 9.95. The number of nitrogens with zero attached hydrogens (tertiary/aromatic N) is 7. The van der Waals surface area contributed by atoms with Crippen molar-refractivity contribution in [3.8, 4) is 0 Å². The van der Waals surface area contributed by atoms with Crippen LogP contribution in [0.2, 0.25) is 5.15 Å². The molecule has 0 bridgehead atoms. The minimum Gasteiger partial charge on any atom is -0.328 e. The first-order valence-corrected chi connectivity index (χ1v) is 12.7. The molecule has 6 rings (SSSR count). The van der Waals surface area contributed by atoms with Gasteiger partial charge in [-0.15, -0.1) is 4.59 Å². The highest BCUT2D eigenvalue weighted by Gasteiger charge is 2.48. The molecule has 3 aliphatic heterocycles. The Morgan fingerprint density at radius 1 is 1.10 bits per heavy atom. The topological polar surface area (TPSA) is 139 Å². The predicted molar refractivity (Wildman–Crippen MR) is 145 cm³/mol. The molecule has 0 radical (unpaired) electrons. The Bertz CT molecular complexity index is 1580. The van der Waals surface area contributed by atoms with Gasteiger partial charge in [0.2, 0.25) is 5.70 Å². The molecule has 1 aromatic carbocycles. The van der Waals surface area contributed by atoms with Gasteiger partial charge in [-0.05, 0) is 49.2 Å². The molecule has 0 spiro atoms. The Kier molecular flexibility index (Phi) is 6.31. The molecular weight excluding hydrogens is 518 g/mol. The number of allylic oxidation sites excluding steroid dienone is 1. The van der Waals surface area contributed by atoms with Crippen molar-refractivity contribution in [1.29, 1.82) is 0 Å². The first-order chi connectivity index (χ1) is 18.9. The average molecular weight is 541 g/mol. The second-order valence-corrected chi connectivity index (χ2v) is 9.58. The van der Waals surface area contributed by atoms with E-state index in [0.717, 1.165) is 12.0 Å². The fraction of sp³-hybridized carbons (Fsp3) is 0.148. The van der Waals surface area contributed by atoms with Crippen LogP contribution in [0.25, 0.3) is 0 Å². The highest BCUT2D eigenvalue weighted by Crippen LogP contribution is 2.37. The molecular formula is C27H23ClN9O2+. The number of amidine groups is 1. The molecule has 11 nitrogen and oxygen atoms in total. The molecule has 1 saturated heterocycles. The van der Waals surface area contributed by atoms with Gasteiger partial charge in [0.15, 0.2) is 0 Å². The third-order valence-electron chi connectivity index (χ3n) is 6.82. The van der Waals surface area contributed by atoms with Crippen LogP contribution < -0.4 is 11.2 Å². The van der Waals surface area contributed by atoms with Crippen molar-refractivity contribution in [1.82, 2.24) is 19.9 Å². The number of carbonyl (C=O) groups is 2. The summed E-state index contributed by atoms with van der Waals surface area (Å²) in [5.74, 6) is 7.39. The molecule has 12 heteroatoms. The van der Waals surface area contributed by atoms with E-state index < -0.39 is 0 Å². The van der Waals surface area contributed by atoms with Crippen LogP contribution >= 0.6 is 11.6 Å². The SMILES string of the molecule is N[N+]12C=CN=CC1=C(C1CCCN1C(=O)c1cc(Cl)ncn1)N=C2c1ccc(C(=O)Nc2ccccn2)cc1. The Morgan fingerprint density at radius 2 is 1.95 bits per heavy atom. The summed E-state index contributed by atoms with van der Waals surface area (Å²) in [6.45, 7) is 0.546. The fourth-order valence-corrected chi connectivity index (χ4v) is 5.09. The summed E-state index contributed by atoms with van der Waals surface area (Å²) in [5.41, 5.74) is 2.77. The molecule has 2 amide bonds. The number of hydrogen-bond donors (Lipinski definition) is 2. The molecule has 1 fully saturated rings. The molecule has 0 aliphatic carbocycles. The van der Waals surface area contributed by atoms with Crippen molar-refractivity contribution >= 4 is 41.3 Å². The van der Waals surface area contributed by atoms with Gasteiger partial charge in [0.05, 0.1) is 24.0 Å². The number of aromatic nitrogens is 3. The van der Waals surface area contributed by atoms with Gasteiger partial charge in [0, 0.05) is 24.4 Å². The summed E-state index contributed by atoms with van der Waals surface area (Å²) in [4.78, 5) is 49.2. The van der Waals surface area contributed by atoms with Gasteiger partial charge in [0.1, 0.15) is 34.9 Å². The van der Waals surface area contributed by atoms with E-state index in [1.165, 1.54) is 12.4 Å². The van der Waals surface area contributed by atoms with E-state index in [9.17, 15) is 9.59 Å². The lowest BCUT2D eigenvalue weighted by Gasteiger charge is -2.27. The number of pyridine rings is 1. The van der Waals surface area contributed by atoms with E-state index in [1.54, 1.807) is 72.2 Å². The zero-order valence-corrected chi connectivity index (χ0v) is 21.4. The maximum atomic E-state index is 13.4. The van der Waals surface area contributed by atoms with E-state index in [1.807, 2.05) is 0 Å². The standard InChI is InChI=1S/C27H22ClN9O2/c28-22-14-19(32-16-33-22)27(39)36-12-3-4-20(36)24-21-15-30-11-13-37(21,29)25(35-24)17-6-8-18(9-7-17)26(38)34-23-5-1-2-10-31-23/h1-2,5-11,13-16,20H,3-4,12,29H2/p+1. The van der Waals surface area contributed by atoms with Gasteiger partial charge in [-0.2, -0.15) is 10.8 Å². The molecule has 3 aliphatic rings. The number of halogens is 1. The summed E-state index contributed by atoms with van der Waals surface area (Å²) in [6.07, 6.45) is 9.45. The van der Waals surface area contributed by atoms with E-state index in [2.05, 4.69) is 25.3 Å². The lowest BCUT2D eigenvalue weighted by atomic mass is 10.1. The van der Waals surface area contributed by atoms with Crippen LogP contribution in [0.5, 0.6) is 0 Å². The van der Waals surface area contributed by atoms with Crippen molar-refractivity contribution in [2.24, 2.45) is 15.8 Å². The quantitative estimate of drug-likeness (QED) is 0.289. The van der Waals surface area contributed by atoms with Gasteiger partial charge < -0.3 is 10.2 Å². The first-order valence-electron chi connectivity index (χ1n) is 12.3. The zero-order chi connectivity index (χ0) is 27.0. The Morgan fingerprint density at radius 3 is 2.72 bits per heavy atom. The number of rotatable bonds is 5. The highest BCUT2D eigenvalue weighted by atomic mass is 35.5. The Balaban J connectivity index is 1.30. The van der Waals surface area contributed by atoms with Gasteiger partial charge in [-0.25, -0.2) is 15.0 Å². The van der Waals surface area contributed by atoms with Crippen LogP contribution in [0.3, 0.4) is 0 Å². The third kappa shape index (κ3) is 4.52. The Labute approximate surface area is 228 Å². The second-order valence-electron chi connectivity index (χ2n) is 9.19. The van der Waals surface area contributed by atoms with Gasteiger partial charge in [-0.3, -0.25) is 14.6 Å². The van der Waals surface area contributed by atoms with E-state index >= 15 is 0 Å². The summed E-state index contributed by atoms with van der Waals surface area (Å²) < 4.78 is -0.198. The first kappa shape index (κ1) is 24.7. The molecule has 39 heavy (non-hydrogen) atoms. The van der Waals surface area contributed by atoms with Crippen LogP contribution in [0.1, 0.15) is 39.3 Å². The molecule has 3 N–H and O–H groups in total. The van der Waals surface area contributed by atoms with Gasteiger partial charge >= 0.3 is 0 Å². The number of carbonyl (C=O) groups excluding carboxylic acids is 2. The highest BCUT2D eigenvalue weighted by molar-refractivity contribution is 6.29. The summed E-state index contributed by atoms with van der Waals surface area (Å²) in [5, 5.41) is 2.98. The number of hydrogen-bond acceptors (Lipinski definition) is 8. The maximum absolute atomic E-state index is 13.4. The Hall–Kier alpha value is -4.58. The van der Waals surface area contributed by atoms with Crippen LogP contribution in [-0.4, -0.2) is 60.9 Å². The van der Waals surface area contributed by atoms with Crippen molar-refractivity contribution in [2.45, 2.75) is 18.9 Å². The molecule has 2 atom stereocenters. The lowest BCUT2D eigenvalue weighted by Crippen LogP contribution is -2.53. The minimum absolute atomic E-state index is 0.198. The van der Waals surface area contributed by atoms with Crippen LogP contribution in [0.4, 0.5) is 5.82 Å². The summed E-state index contributed by atoms with van der Waals surface area (Å²) >= 11 is 6.00. The average Bonchev–Trinajstić information content (AvgIpc) is 3.55. The third-order valence-corrected chi connectivity index (χ3v) is 7.02. The number of amides is 2. The number of fused-ring (bicyclic) bond motifs is 1. The molecule has 194 valence electrons.